The molecule has 1 aliphatic carbocycles. The molecule has 0 unspecified atom stereocenters. The van der Waals surface area contributed by atoms with Gasteiger partial charge in [-0.1, -0.05) is 18.2 Å². The van der Waals surface area contributed by atoms with Crippen LogP contribution in [0.25, 0.3) is 0 Å². The Labute approximate surface area is 162 Å². The van der Waals surface area contributed by atoms with Crippen molar-refractivity contribution in [1.82, 2.24) is 5.32 Å². The quantitative estimate of drug-likeness (QED) is 0.503. The van der Waals surface area contributed by atoms with Crippen LogP contribution in [0.3, 0.4) is 0 Å². The first-order chi connectivity index (χ1) is 13.3. The highest BCUT2D eigenvalue weighted by Crippen LogP contribution is 2.31. The van der Waals surface area contributed by atoms with E-state index in [4.69, 9.17) is 0 Å². The number of nitro benzene ring substituents is 1. The van der Waals surface area contributed by atoms with E-state index in [1.54, 1.807) is 0 Å². The smallest absolute Gasteiger partial charge is 0.293 e. The standard InChI is InChI=1S/C20H22N4O4/c1-12-4-3-5-13(2)19(12)23-18(25)11-21-20(26)14-6-9-16(22-15-7-8-15)17(10-14)24(27)28/h3-6,9-10,15,22H,7-8,11H2,1-2H3,(H,21,26)(H,23,25). The van der Waals surface area contributed by atoms with Crippen LogP contribution in [0.4, 0.5) is 17.1 Å². The normalized spacial score (nSPS) is 12.9. The molecule has 8 heteroatoms. The Kier molecular flexibility index (Phi) is 5.58. The summed E-state index contributed by atoms with van der Waals surface area (Å²) < 4.78 is 0. The number of aryl methyl sites for hydroxylation is 2. The predicted molar refractivity (Wildman–Crippen MR) is 107 cm³/mol. The lowest BCUT2D eigenvalue weighted by Crippen LogP contribution is -2.33. The third-order valence-electron chi connectivity index (χ3n) is 4.55. The molecule has 1 aliphatic rings. The Morgan fingerprint density at radius 2 is 1.82 bits per heavy atom. The van der Waals surface area contributed by atoms with E-state index in [1.807, 2.05) is 32.0 Å². The van der Waals surface area contributed by atoms with Gasteiger partial charge in [0.2, 0.25) is 5.91 Å². The van der Waals surface area contributed by atoms with Gasteiger partial charge in [0.25, 0.3) is 11.6 Å². The number of nitro groups is 1. The fraction of sp³-hybridized carbons (Fsp3) is 0.300. The van der Waals surface area contributed by atoms with Crippen LogP contribution in [-0.2, 0) is 4.79 Å². The van der Waals surface area contributed by atoms with E-state index < -0.39 is 10.8 Å². The molecule has 0 heterocycles. The van der Waals surface area contributed by atoms with Gasteiger partial charge < -0.3 is 16.0 Å². The third kappa shape index (κ3) is 4.64. The second kappa shape index (κ2) is 8.08. The van der Waals surface area contributed by atoms with Gasteiger partial charge in [0.1, 0.15) is 5.69 Å². The average molecular weight is 382 g/mol. The fourth-order valence-electron chi connectivity index (χ4n) is 2.85. The molecular formula is C20H22N4O4. The Balaban J connectivity index is 1.63. The lowest BCUT2D eigenvalue weighted by atomic mass is 10.1. The van der Waals surface area contributed by atoms with Crippen molar-refractivity contribution in [3.8, 4) is 0 Å². The molecule has 3 N–H and O–H groups in total. The van der Waals surface area contributed by atoms with Crippen LogP contribution in [0.5, 0.6) is 0 Å². The molecule has 0 aromatic heterocycles. The van der Waals surface area contributed by atoms with E-state index in [9.17, 15) is 19.7 Å². The topological polar surface area (TPSA) is 113 Å². The summed E-state index contributed by atoms with van der Waals surface area (Å²) in [5.74, 6) is -0.912. The first-order valence-corrected chi connectivity index (χ1v) is 9.04. The number of nitrogens with zero attached hydrogens (tertiary/aromatic N) is 1. The summed E-state index contributed by atoms with van der Waals surface area (Å²) in [5, 5.41) is 19.7. The molecule has 2 amide bonds. The summed E-state index contributed by atoms with van der Waals surface area (Å²) in [6, 6.07) is 10.2. The van der Waals surface area contributed by atoms with E-state index in [2.05, 4.69) is 16.0 Å². The minimum atomic E-state index is -0.544. The van der Waals surface area contributed by atoms with Crippen molar-refractivity contribution < 1.29 is 14.5 Å². The Morgan fingerprint density at radius 3 is 2.43 bits per heavy atom. The van der Waals surface area contributed by atoms with Gasteiger partial charge in [0.15, 0.2) is 0 Å². The minimum Gasteiger partial charge on any atom is -0.377 e. The molecule has 0 radical (unpaired) electrons. The molecular weight excluding hydrogens is 360 g/mol. The molecule has 0 aliphatic heterocycles. The number of amides is 2. The molecule has 0 atom stereocenters. The van der Waals surface area contributed by atoms with Gasteiger partial charge >= 0.3 is 0 Å². The molecule has 2 aromatic carbocycles. The summed E-state index contributed by atoms with van der Waals surface area (Å²) in [4.78, 5) is 35.3. The van der Waals surface area contributed by atoms with Crippen molar-refractivity contribution in [3.63, 3.8) is 0 Å². The Bertz CT molecular complexity index is 918. The zero-order valence-corrected chi connectivity index (χ0v) is 15.7. The maximum atomic E-state index is 12.3. The summed E-state index contributed by atoms with van der Waals surface area (Å²) >= 11 is 0. The second-order valence-electron chi connectivity index (χ2n) is 6.91. The van der Waals surface area contributed by atoms with E-state index in [-0.39, 0.29) is 29.7 Å². The summed E-state index contributed by atoms with van der Waals surface area (Å²) in [5.41, 5.74) is 2.94. The maximum absolute atomic E-state index is 12.3. The van der Waals surface area contributed by atoms with Gasteiger partial charge in [-0.3, -0.25) is 19.7 Å². The zero-order chi connectivity index (χ0) is 20.3. The average Bonchev–Trinajstić information content (AvgIpc) is 3.47. The van der Waals surface area contributed by atoms with Gasteiger partial charge in [-0.2, -0.15) is 0 Å². The second-order valence-corrected chi connectivity index (χ2v) is 6.91. The highest BCUT2D eigenvalue weighted by atomic mass is 16.6. The van der Waals surface area contributed by atoms with Crippen LogP contribution in [0.15, 0.2) is 36.4 Å². The number of nitrogens with one attached hydrogen (secondary N) is 3. The summed E-state index contributed by atoms with van der Waals surface area (Å²) in [6.07, 6.45) is 1.96. The number of benzene rings is 2. The number of para-hydroxylation sites is 1. The molecule has 0 bridgehead atoms. The molecule has 146 valence electrons. The molecule has 1 saturated carbocycles. The SMILES string of the molecule is Cc1cccc(C)c1NC(=O)CNC(=O)c1ccc(NC2CC2)c([N+](=O)[O-])c1. The van der Waals surface area contributed by atoms with Crippen LogP contribution in [0.2, 0.25) is 0 Å². The van der Waals surface area contributed by atoms with Gasteiger partial charge in [-0.25, -0.2) is 0 Å². The highest BCUT2D eigenvalue weighted by Gasteiger charge is 2.25. The van der Waals surface area contributed by atoms with Crippen LogP contribution in [0.1, 0.15) is 34.3 Å². The van der Waals surface area contributed by atoms with Gasteiger partial charge in [-0.15, -0.1) is 0 Å². The fourth-order valence-corrected chi connectivity index (χ4v) is 2.85. The van der Waals surface area contributed by atoms with Crippen molar-refractivity contribution in [2.75, 3.05) is 17.2 Å². The Hall–Kier alpha value is -3.42. The molecule has 0 spiro atoms. The van der Waals surface area contributed by atoms with Gasteiger partial charge in [0, 0.05) is 23.4 Å². The Morgan fingerprint density at radius 1 is 1.14 bits per heavy atom. The lowest BCUT2D eigenvalue weighted by Gasteiger charge is -2.12. The lowest BCUT2D eigenvalue weighted by molar-refractivity contribution is -0.384. The van der Waals surface area contributed by atoms with Crippen molar-refractivity contribution in [2.45, 2.75) is 32.7 Å². The molecule has 0 saturated heterocycles. The van der Waals surface area contributed by atoms with Crippen molar-refractivity contribution >= 4 is 28.9 Å². The van der Waals surface area contributed by atoms with Crippen molar-refractivity contribution in [1.29, 1.82) is 0 Å². The number of carbonyl (C=O) groups excluding carboxylic acids is 2. The summed E-state index contributed by atoms with van der Waals surface area (Å²) in [7, 11) is 0. The molecule has 3 rings (SSSR count). The number of carbonyl (C=O) groups is 2. The van der Waals surface area contributed by atoms with Crippen LogP contribution >= 0.6 is 0 Å². The zero-order valence-electron chi connectivity index (χ0n) is 15.7. The maximum Gasteiger partial charge on any atom is 0.293 e. The van der Waals surface area contributed by atoms with E-state index in [0.717, 1.165) is 24.0 Å². The van der Waals surface area contributed by atoms with Crippen molar-refractivity contribution in [2.24, 2.45) is 0 Å². The van der Waals surface area contributed by atoms with Gasteiger partial charge in [-0.05, 0) is 49.9 Å². The van der Waals surface area contributed by atoms with E-state index in [1.165, 1.54) is 18.2 Å². The van der Waals surface area contributed by atoms with Crippen LogP contribution < -0.4 is 16.0 Å². The number of rotatable bonds is 7. The largest absolute Gasteiger partial charge is 0.377 e. The van der Waals surface area contributed by atoms with Crippen LogP contribution in [0, 0.1) is 24.0 Å². The minimum absolute atomic E-state index is 0.132. The number of anilines is 2. The molecule has 28 heavy (non-hydrogen) atoms. The first-order valence-electron chi connectivity index (χ1n) is 9.04. The summed E-state index contributed by atoms with van der Waals surface area (Å²) in [6.45, 7) is 3.54. The number of hydrogen-bond acceptors (Lipinski definition) is 5. The monoisotopic (exact) mass is 382 g/mol. The highest BCUT2D eigenvalue weighted by molar-refractivity contribution is 6.00. The van der Waals surface area contributed by atoms with E-state index >= 15 is 0 Å². The molecule has 8 nitrogen and oxygen atoms in total. The van der Waals surface area contributed by atoms with Crippen LogP contribution in [-0.4, -0.2) is 29.3 Å². The first kappa shape index (κ1) is 19.3. The predicted octanol–water partition coefficient (Wildman–Crippen LogP) is 3.15. The third-order valence-corrected chi connectivity index (χ3v) is 4.55. The molecule has 1 fully saturated rings. The number of hydrogen-bond donors (Lipinski definition) is 3. The van der Waals surface area contributed by atoms with Crippen molar-refractivity contribution in [3.05, 3.63) is 63.2 Å². The van der Waals surface area contributed by atoms with E-state index in [0.29, 0.717) is 11.4 Å². The van der Waals surface area contributed by atoms with Gasteiger partial charge in [0.05, 0.1) is 11.5 Å². The molecule has 2 aromatic rings.